The zero-order valence-electron chi connectivity index (χ0n) is 8.68. The van der Waals surface area contributed by atoms with Crippen LogP contribution in [0.5, 0.6) is 0 Å². The lowest BCUT2D eigenvalue weighted by molar-refractivity contribution is -0.135. The summed E-state index contributed by atoms with van der Waals surface area (Å²) in [6.45, 7) is 3.61. The Balaban J connectivity index is 3.04. The minimum absolute atomic E-state index is 0.132. The van der Waals surface area contributed by atoms with E-state index in [9.17, 15) is 9.59 Å². The van der Waals surface area contributed by atoms with Crippen molar-refractivity contribution in [2.45, 2.75) is 19.9 Å². The van der Waals surface area contributed by atoms with Gasteiger partial charge in [0.2, 0.25) is 0 Å². The second-order valence-corrected chi connectivity index (χ2v) is 3.34. The molecule has 2 N–H and O–H groups in total. The number of anilines is 1. The number of aromatic nitrogens is 1. The molecule has 5 nitrogen and oxygen atoms in total. The number of nitrogens with zero attached hydrogens (tertiary/aromatic N) is 2. The smallest absolute Gasteiger partial charge is 0.316 e. The predicted octanol–water partition coefficient (Wildman–Crippen LogP) is 0.308. The third-order valence-corrected chi connectivity index (χ3v) is 1.89. The van der Waals surface area contributed by atoms with E-state index in [4.69, 9.17) is 5.73 Å². The summed E-state index contributed by atoms with van der Waals surface area (Å²) in [6.07, 6.45) is 3.11. The van der Waals surface area contributed by atoms with Crippen molar-refractivity contribution in [3.8, 4) is 0 Å². The highest BCUT2D eigenvalue weighted by Gasteiger charge is 2.23. The van der Waals surface area contributed by atoms with Crippen molar-refractivity contribution in [2.24, 2.45) is 5.73 Å². The second kappa shape index (κ2) is 4.54. The normalized spacial score (nSPS) is 10.1. The molecule has 0 saturated carbocycles. The summed E-state index contributed by atoms with van der Waals surface area (Å²) in [6, 6.07) is 3.18. The molecule has 0 radical (unpaired) electrons. The predicted molar refractivity (Wildman–Crippen MR) is 56.1 cm³/mol. The van der Waals surface area contributed by atoms with E-state index in [1.165, 1.54) is 4.90 Å². The highest BCUT2D eigenvalue weighted by atomic mass is 16.2. The number of rotatable bonds is 2. The first-order valence-electron chi connectivity index (χ1n) is 4.57. The van der Waals surface area contributed by atoms with Crippen LogP contribution in [0.3, 0.4) is 0 Å². The molecule has 0 bridgehead atoms. The van der Waals surface area contributed by atoms with E-state index in [2.05, 4.69) is 4.98 Å². The van der Waals surface area contributed by atoms with Crippen molar-refractivity contribution in [1.29, 1.82) is 0 Å². The quantitative estimate of drug-likeness (QED) is 0.709. The van der Waals surface area contributed by atoms with Gasteiger partial charge in [-0.3, -0.25) is 14.6 Å². The van der Waals surface area contributed by atoms with Crippen LogP contribution in [0.4, 0.5) is 5.69 Å². The van der Waals surface area contributed by atoms with E-state index in [0.717, 1.165) is 0 Å². The minimum atomic E-state index is -0.958. The lowest BCUT2D eigenvalue weighted by Gasteiger charge is -2.25. The van der Waals surface area contributed by atoms with Crippen LogP contribution in [-0.4, -0.2) is 22.8 Å². The van der Waals surface area contributed by atoms with Crippen molar-refractivity contribution in [1.82, 2.24) is 4.98 Å². The number of amides is 2. The fraction of sp³-hybridized carbons (Fsp3) is 0.300. The number of pyridine rings is 1. The first-order valence-corrected chi connectivity index (χ1v) is 4.57. The maximum absolute atomic E-state index is 11.5. The molecular weight excluding hydrogens is 194 g/mol. The zero-order chi connectivity index (χ0) is 11.4. The molecule has 0 aliphatic rings. The fourth-order valence-electron chi connectivity index (χ4n) is 1.27. The van der Waals surface area contributed by atoms with Gasteiger partial charge in [0.25, 0.3) is 0 Å². The molecule has 1 heterocycles. The Morgan fingerprint density at radius 3 is 2.27 bits per heavy atom. The summed E-state index contributed by atoms with van der Waals surface area (Å²) in [5.41, 5.74) is 5.58. The van der Waals surface area contributed by atoms with Gasteiger partial charge in [-0.25, -0.2) is 0 Å². The Labute approximate surface area is 87.9 Å². The van der Waals surface area contributed by atoms with Gasteiger partial charge in [0.1, 0.15) is 0 Å². The van der Waals surface area contributed by atoms with Crippen LogP contribution >= 0.6 is 0 Å². The Kier molecular flexibility index (Phi) is 3.38. The molecular formula is C10H13N3O2. The monoisotopic (exact) mass is 207 g/mol. The minimum Gasteiger partial charge on any atom is -0.361 e. The molecule has 1 rings (SSSR count). The fourth-order valence-corrected chi connectivity index (χ4v) is 1.27. The first kappa shape index (κ1) is 11.2. The van der Waals surface area contributed by atoms with E-state index >= 15 is 0 Å². The molecule has 0 unspecified atom stereocenters. The van der Waals surface area contributed by atoms with Crippen LogP contribution < -0.4 is 10.6 Å². The molecule has 1 aromatic rings. The Bertz CT molecular complexity index is 362. The molecule has 0 atom stereocenters. The van der Waals surface area contributed by atoms with Gasteiger partial charge in [0.05, 0.1) is 0 Å². The van der Waals surface area contributed by atoms with E-state index in [1.807, 2.05) is 0 Å². The number of carbonyl (C=O) groups is 2. The second-order valence-electron chi connectivity index (χ2n) is 3.34. The third-order valence-electron chi connectivity index (χ3n) is 1.89. The van der Waals surface area contributed by atoms with Crippen molar-refractivity contribution in [3.63, 3.8) is 0 Å². The molecule has 0 saturated heterocycles. The summed E-state index contributed by atoms with van der Waals surface area (Å²) >= 11 is 0. The van der Waals surface area contributed by atoms with E-state index < -0.39 is 11.8 Å². The van der Waals surface area contributed by atoms with Crippen LogP contribution in [0.15, 0.2) is 24.5 Å². The van der Waals surface area contributed by atoms with Gasteiger partial charge in [-0.1, -0.05) is 0 Å². The molecule has 15 heavy (non-hydrogen) atoms. The van der Waals surface area contributed by atoms with Gasteiger partial charge < -0.3 is 10.6 Å². The Morgan fingerprint density at radius 1 is 1.33 bits per heavy atom. The first-order chi connectivity index (χ1) is 7.04. The standard InChI is InChI=1S/C10H13N3O2/c1-7(2)13(10(15)9(11)14)8-3-5-12-6-4-8/h3-7H,1-2H3,(H2,11,14). The van der Waals surface area contributed by atoms with Crippen LogP contribution in [0, 0.1) is 0 Å². The molecule has 80 valence electrons. The third kappa shape index (κ3) is 2.52. The summed E-state index contributed by atoms with van der Waals surface area (Å²) in [7, 11) is 0. The average molecular weight is 207 g/mol. The number of hydrogen-bond donors (Lipinski definition) is 1. The Hall–Kier alpha value is -1.91. The molecule has 0 spiro atoms. The summed E-state index contributed by atoms with van der Waals surface area (Å²) < 4.78 is 0. The summed E-state index contributed by atoms with van der Waals surface area (Å²) in [4.78, 5) is 27.5. The van der Waals surface area contributed by atoms with Crippen LogP contribution in [0.1, 0.15) is 13.8 Å². The van der Waals surface area contributed by atoms with Crippen molar-refractivity contribution >= 4 is 17.5 Å². The van der Waals surface area contributed by atoms with Gasteiger partial charge in [-0.05, 0) is 26.0 Å². The number of nitrogens with two attached hydrogens (primary N) is 1. The maximum atomic E-state index is 11.5. The SMILES string of the molecule is CC(C)N(C(=O)C(N)=O)c1ccncc1. The van der Waals surface area contributed by atoms with Crippen molar-refractivity contribution in [3.05, 3.63) is 24.5 Å². The molecule has 0 aliphatic heterocycles. The molecule has 0 fully saturated rings. The zero-order valence-corrected chi connectivity index (χ0v) is 8.68. The molecule has 0 aromatic carbocycles. The molecule has 0 aliphatic carbocycles. The lowest BCUT2D eigenvalue weighted by Crippen LogP contribution is -2.44. The summed E-state index contributed by atoms with van der Waals surface area (Å²) in [5, 5.41) is 0. The van der Waals surface area contributed by atoms with Crippen LogP contribution in [-0.2, 0) is 9.59 Å². The number of carbonyl (C=O) groups excluding carboxylic acids is 2. The van der Waals surface area contributed by atoms with Gasteiger partial charge in [-0.15, -0.1) is 0 Å². The Morgan fingerprint density at radius 2 is 1.87 bits per heavy atom. The van der Waals surface area contributed by atoms with Crippen LogP contribution in [0.25, 0.3) is 0 Å². The topological polar surface area (TPSA) is 76.3 Å². The van der Waals surface area contributed by atoms with Crippen molar-refractivity contribution in [2.75, 3.05) is 4.90 Å². The van der Waals surface area contributed by atoms with Gasteiger partial charge >= 0.3 is 11.8 Å². The number of primary amides is 1. The van der Waals surface area contributed by atoms with Gasteiger partial charge in [0.15, 0.2) is 0 Å². The summed E-state index contributed by atoms with van der Waals surface area (Å²) in [5.74, 6) is -1.67. The largest absolute Gasteiger partial charge is 0.361 e. The molecule has 1 aromatic heterocycles. The average Bonchev–Trinajstić information content (AvgIpc) is 2.18. The van der Waals surface area contributed by atoms with E-state index in [1.54, 1.807) is 38.4 Å². The lowest BCUT2D eigenvalue weighted by atomic mass is 10.2. The maximum Gasteiger partial charge on any atom is 0.316 e. The van der Waals surface area contributed by atoms with E-state index in [0.29, 0.717) is 5.69 Å². The highest BCUT2D eigenvalue weighted by Crippen LogP contribution is 2.15. The van der Waals surface area contributed by atoms with Gasteiger partial charge in [0, 0.05) is 24.1 Å². The highest BCUT2D eigenvalue weighted by molar-refractivity contribution is 6.39. The van der Waals surface area contributed by atoms with E-state index in [-0.39, 0.29) is 6.04 Å². The van der Waals surface area contributed by atoms with Crippen LogP contribution in [0.2, 0.25) is 0 Å². The molecule has 2 amide bonds. The molecule has 5 heteroatoms. The van der Waals surface area contributed by atoms with Crippen molar-refractivity contribution < 1.29 is 9.59 Å². The number of hydrogen-bond acceptors (Lipinski definition) is 3. The van der Waals surface area contributed by atoms with Gasteiger partial charge in [-0.2, -0.15) is 0 Å².